The Morgan fingerprint density at radius 1 is 1.53 bits per heavy atom. The number of rotatable bonds is 3. The molecule has 2 N–H and O–H groups in total. The first-order valence-electron chi connectivity index (χ1n) is 6.17. The number of hydrogen-bond donors (Lipinski definition) is 1. The molecule has 0 saturated carbocycles. The number of anilines is 1. The number of hydrogen-bond acceptors (Lipinski definition) is 4. The molecule has 0 radical (unpaired) electrons. The molecule has 1 aromatic rings. The highest BCUT2D eigenvalue weighted by atomic mass is 16.5. The van der Waals surface area contributed by atoms with E-state index in [0.717, 1.165) is 43.0 Å². The van der Waals surface area contributed by atoms with E-state index >= 15 is 0 Å². The molecule has 96 valence electrons. The van der Waals surface area contributed by atoms with Crippen LogP contribution in [0.5, 0.6) is 0 Å². The van der Waals surface area contributed by atoms with Crippen LogP contribution >= 0.6 is 0 Å². The summed E-state index contributed by atoms with van der Waals surface area (Å²) in [5, 5.41) is 4.46. The Balaban J connectivity index is 2.26. The fourth-order valence-electron chi connectivity index (χ4n) is 2.65. The Morgan fingerprint density at radius 2 is 2.29 bits per heavy atom. The standard InChI is InChI=1S/C12H22N4O/c1-9-11(7-13)12(15(2)14-9)16-6-4-5-10(8-16)17-3/h10H,4-8,13H2,1-3H3. The van der Waals surface area contributed by atoms with Gasteiger partial charge in [0.2, 0.25) is 0 Å². The van der Waals surface area contributed by atoms with Gasteiger partial charge < -0.3 is 15.4 Å². The molecule has 0 spiro atoms. The van der Waals surface area contributed by atoms with E-state index in [-0.39, 0.29) is 0 Å². The zero-order chi connectivity index (χ0) is 12.4. The van der Waals surface area contributed by atoms with Gasteiger partial charge in [-0.05, 0) is 19.8 Å². The van der Waals surface area contributed by atoms with Crippen molar-refractivity contribution >= 4 is 5.82 Å². The Hall–Kier alpha value is -1.07. The lowest BCUT2D eigenvalue weighted by Crippen LogP contribution is -2.40. The molecular weight excluding hydrogens is 216 g/mol. The lowest BCUT2D eigenvalue weighted by atomic mass is 10.1. The quantitative estimate of drug-likeness (QED) is 0.846. The second kappa shape index (κ2) is 5.06. The molecule has 5 heteroatoms. The fourth-order valence-corrected chi connectivity index (χ4v) is 2.65. The summed E-state index contributed by atoms with van der Waals surface area (Å²) in [5.74, 6) is 1.16. The zero-order valence-corrected chi connectivity index (χ0v) is 10.9. The van der Waals surface area contributed by atoms with Gasteiger partial charge in [0.05, 0.1) is 11.8 Å². The van der Waals surface area contributed by atoms with Gasteiger partial charge in [-0.25, -0.2) is 0 Å². The number of aromatic nitrogens is 2. The van der Waals surface area contributed by atoms with Crippen LogP contribution in [0.25, 0.3) is 0 Å². The molecule has 1 fully saturated rings. The lowest BCUT2D eigenvalue weighted by Gasteiger charge is -2.34. The minimum Gasteiger partial charge on any atom is -0.380 e. The van der Waals surface area contributed by atoms with E-state index in [0.29, 0.717) is 12.6 Å². The molecular formula is C12H22N4O. The summed E-state index contributed by atoms with van der Waals surface area (Å²) in [4.78, 5) is 2.35. The number of piperidine rings is 1. The van der Waals surface area contributed by atoms with E-state index in [1.807, 2.05) is 18.7 Å². The average Bonchev–Trinajstić information content (AvgIpc) is 2.63. The van der Waals surface area contributed by atoms with E-state index in [2.05, 4.69) is 10.00 Å². The second-order valence-electron chi connectivity index (χ2n) is 4.66. The van der Waals surface area contributed by atoms with Crippen LogP contribution in [0, 0.1) is 6.92 Å². The van der Waals surface area contributed by atoms with Crippen molar-refractivity contribution in [1.29, 1.82) is 0 Å². The second-order valence-corrected chi connectivity index (χ2v) is 4.66. The van der Waals surface area contributed by atoms with Crippen LogP contribution in [-0.2, 0) is 18.3 Å². The Kier molecular flexibility index (Phi) is 3.69. The first-order valence-corrected chi connectivity index (χ1v) is 6.17. The molecule has 2 heterocycles. The maximum Gasteiger partial charge on any atom is 0.131 e. The maximum atomic E-state index is 5.83. The minimum atomic E-state index is 0.324. The molecule has 1 atom stereocenters. The van der Waals surface area contributed by atoms with Gasteiger partial charge in [-0.3, -0.25) is 4.68 Å². The van der Waals surface area contributed by atoms with Crippen molar-refractivity contribution in [2.75, 3.05) is 25.1 Å². The molecule has 0 aliphatic carbocycles. The summed E-state index contributed by atoms with van der Waals surface area (Å²) >= 11 is 0. The Morgan fingerprint density at radius 3 is 2.94 bits per heavy atom. The minimum absolute atomic E-state index is 0.324. The molecule has 2 rings (SSSR count). The normalized spacial score (nSPS) is 20.9. The molecule has 0 bridgehead atoms. The third kappa shape index (κ3) is 2.30. The Bertz CT molecular complexity index is 388. The fraction of sp³-hybridized carbons (Fsp3) is 0.750. The summed E-state index contributed by atoms with van der Waals surface area (Å²) in [6, 6.07) is 0. The molecule has 1 aliphatic rings. The number of ether oxygens (including phenoxy) is 1. The summed E-state index contributed by atoms with van der Waals surface area (Å²) in [5.41, 5.74) is 8.02. The monoisotopic (exact) mass is 238 g/mol. The highest BCUT2D eigenvalue weighted by molar-refractivity contribution is 5.50. The van der Waals surface area contributed by atoms with Gasteiger partial charge in [-0.15, -0.1) is 0 Å². The summed E-state index contributed by atoms with van der Waals surface area (Å²) in [6.45, 7) is 4.56. The number of methoxy groups -OCH3 is 1. The SMILES string of the molecule is COC1CCCN(c2c(CN)c(C)nn2C)C1. The molecule has 1 aromatic heterocycles. The molecule has 5 nitrogen and oxygen atoms in total. The molecule has 1 saturated heterocycles. The molecule has 1 aliphatic heterocycles. The summed E-state index contributed by atoms with van der Waals surface area (Å²) in [7, 11) is 3.77. The van der Waals surface area contributed by atoms with E-state index < -0.39 is 0 Å². The Labute approximate surface area is 103 Å². The van der Waals surface area contributed by atoms with Gasteiger partial charge in [-0.1, -0.05) is 0 Å². The van der Waals surface area contributed by atoms with Gasteiger partial charge >= 0.3 is 0 Å². The van der Waals surface area contributed by atoms with E-state index in [1.54, 1.807) is 7.11 Å². The first kappa shape index (κ1) is 12.4. The third-order valence-corrected chi connectivity index (χ3v) is 3.53. The van der Waals surface area contributed by atoms with Crippen molar-refractivity contribution in [2.45, 2.75) is 32.4 Å². The number of aryl methyl sites for hydroxylation is 2. The predicted octanol–water partition coefficient (Wildman–Crippen LogP) is 0.802. The zero-order valence-electron chi connectivity index (χ0n) is 10.9. The van der Waals surface area contributed by atoms with Crippen LogP contribution in [0.3, 0.4) is 0 Å². The molecule has 0 amide bonds. The average molecular weight is 238 g/mol. The van der Waals surface area contributed by atoms with Crippen LogP contribution in [0.1, 0.15) is 24.1 Å². The van der Waals surface area contributed by atoms with E-state index in [4.69, 9.17) is 10.5 Å². The highest BCUT2D eigenvalue weighted by Gasteiger charge is 2.24. The third-order valence-electron chi connectivity index (χ3n) is 3.53. The van der Waals surface area contributed by atoms with Gasteiger partial charge in [0.25, 0.3) is 0 Å². The predicted molar refractivity (Wildman–Crippen MR) is 68.1 cm³/mol. The lowest BCUT2D eigenvalue weighted by molar-refractivity contribution is 0.0889. The van der Waals surface area contributed by atoms with Crippen molar-refractivity contribution < 1.29 is 4.74 Å². The van der Waals surface area contributed by atoms with Crippen LogP contribution in [-0.4, -0.2) is 36.1 Å². The van der Waals surface area contributed by atoms with Gasteiger partial charge in [0.1, 0.15) is 5.82 Å². The summed E-state index contributed by atoms with van der Waals surface area (Å²) in [6.07, 6.45) is 2.62. The largest absolute Gasteiger partial charge is 0.380 e. The summed E-state index contributed by atoms with van der Waals surface area (Å²) < 4.78 is 7.40. The van der Waals surface area contributed by atoms with E-state index in [9.17, 15) is 0 Å². The number of nitrogens with zero attached hydrogens (tertiary/aromatic N) is 3. The molecule has 17 heavy (non-hydrogen) atoms. The van der Waals surface area contributed by atoms with Crippen LogP contribution in [0.4, 0.5) is 5.82 Å². The van der Waals surface area contributed by atoms with Crippen LogP contribution in [0.15, 0.2) is 0 Å². The molecule has 1 unspecified atom stereocenters. The smallest absolute Gasteiger partial charge is 0.131 e. The van der Waals surface area contributed by atoms with Crippen molar-refractivity contribution in [3.05, 3.63) is 11.3 Å². The van der Waals surface area contributed by atoms with Crippen molar-refractivity contribution in [3.63, 3.8) is 0 Å². The topological polar surface area (TPSA) is 56.3 Å². The maximum absolute atomic E-state index is 5.83. The van der Waals surface area contributed by atoms with Crippen molar-refractivity contribution in [3.8, 4) is 0 Å². The number of nitrogens with two attached hydrogens (primary N) is 1. The van der Waals surface area contributed by atoms with Crippen LogP contribution < -0.4 is 10.6 Å². The van der Waals surface area contributed by atoms with Crippen LogP contribution in [0.2, 0.25) is 0 Å². The van der Waals surface area contributed by atoms with Gasteiger partial charge in [-0.2, -0.15) is 5.10 Å². The molecule has 0 aromatic carbocycles. The van der Waals surface area contributed by atoms with E-state index in [1.165, 1.54) is 0 Å². The van der Waals surface area contributed by atoms with Crippen molar-refractivity contribution in [1.82, 2.24) is 9.78 Å². The van der Waals surface area contributed by atoms with Gasteiger partial charge in [0.15, 0.2) is 0 Å². The van der Waals surface area contributed by atoms with Crippen molar-refractivity contribution in [2.24, 2.45) is 12.8 Å². The highest BCUT2D eigenvalue weighted by Crippen LogP contribution is 2.26. The first-order chi connectivity index (χ1) is 8.17. The van der Waals surface area contributed by atoms with Gasteiger partial charge in [0, 0.05) is 39.4 Å².